The molecule has 1 saturated heterocycles. The zero-order valence-corrected chi connectivity index (χ0v) is 17.9. The lowest BCUT2D eigenvalue weighted by atomic mass is 10.2. The van der Waals surface area contributed by atoms with E-state index >= 15 is 0 Å². The first-order valence-electron chi connectivity index (χ1n) is 10.5. The summed E-state index contributed by atoms with van der Waals surface area (Å²) in [5, 5.41) is 7.76. The molecule has 0 aliphatic carbocycles. The summed E-state index contributed by atoms with van der Waals surface area (Å²) in [6.45, 7) is 4.41. The average Bonchev–Trinajstić information content (AvgIpc) is 3.32. The zero-order chi connectivity index (χ0) is 22.2. The van der Waals surface area contributed by atoms with E-state index in [-0.39, 0.29) is 6.10 Å². The summed E-state index contributed by atoms with van der Waals surface area (Å²) in [6, 6.07) is 5.52. The van der Waals surface area contributed by atoms with Crippen LogP contribution >= 0.6 is 0 Å². The Hall–Kier alpha value is -3.18. The van der Waals surface area contributed by atoms with Gasteiger partial charge in [-0.2, -0.15) is 0 Å². The maximum atomic E-state index is 13.0. The van der Waals surface area contributed by atoms with E-state index in [1.807, 2.05) is 18.3 Å². The van der Waals surface area contributed by atoms with Gasteiger partial charge in [-0.3, -0.25) is 0 Å². The number of aryl methyl sites for hydroxylation is 1. The van der Waals surface area contributed by atoms with Crippen molar-refractivity contribution in [2.24, 2.45) is 0 Å². The van der Waals surface area contributed by atoms with Crippen LogP contribution in [0.15, 0.2) is 30.6 Å². The van der Waals surface area contributed by atoms with Gasteiger partial charge in [-0.1, -0.05) is 0 Å². The Bertz CT molecular complexity index is 1250. The van der Waals surface area contributed by atoms with Crippen molar-refractivity contribution in [3.63, 3.8) is 0 Å². The predicted octanol–water partition coefficient (Wildman–Crippen LogP) is 2.46. The number of likely N-dealkylation sites (N-methyl/N-ethyl adjacent to an activating group) is 1. The Morgan fingerprint density at radius 2 is 2.12 bits per heavy atom. The van der Waals surface area contributed by atoms with Crippen LogP contribution in [0.5, 0.6) is 0 Å². The number of alkyl halides is 2. The minimum Gasteiger partial charge on any atom is -0.374 e. The van der Waals surface area contributed by atoms with Gasteiger partial charge in [0.25, 0.3) is 6.43 Å². The van der Waals surface area contributed by atoms with Crippen LogP contribution in [0.3, 0.4) is 0 Å². The van der Waals surface area contributed by atoms with Crippen molar-refractivity contribution in [3.8, 4) is 11.3 Å². The number of fused-ring (bicyclic) bond motifs is 2. The summed E-state index contributed by atoms with van der Waals surface area (Å²) in [7, 11) is 2.08. The molecule has 0 spiro atoms. The largest absolute Gasteiger partial charge is 0.374 e. The summed E-state index contributed by atoms with van der Waals surface area (Å²) in [5.74, 6) is 1.02. The van der Waals surface area contributed by atoms with E-state index in [0.717, 1.165) is 30.8 Å². The number of ether oxygens (including phenoxy) is 1. The number of nitrogens with one attached hydrogen (secondary N) is 1. The van der Waals surface area contributed by atoms with Gasteiger partial charge in [-0.05, 0) is 32.2 Å². The fraction of sp³-hybridized carbons (Fsp3) is 0.429. The third-order valence-electron chi connectivity index (χ3n) is 5.63. The van der Waals surface area contributed by atoms with Crippen molar-refractivity contribution in [2.45, 2.75) is 26.0 Å². The van der Waals surface area contributed by atoms with E-state index in [9.17, 15) is 8.78 Å². The van der Waals surface area contributed by atoms with Crippen molar-refractivity contribution in [2.75, 3.05) is 38.6 Å². The first-order chi connectivity index (χ1) is 15.5. The third kappa shape index (κ3) is 4.00. The van der Waals surface area contributed by atoms with Crippen LogP contribution in [0.1, 0.15) is 5.82 Å². The molecular formula is C21H24F2N8O. The highest BCUT2D eigenvalue weighted by Gasteiger charge is 2.18. The number of halogens is 2. The molecule has 9 nitrogen and oxygen atoms in total. The van der Waals surface area contributed by atoms with Crippen molar-refractivity contribution < 1.29 is 13.5 Å². The molecule has 1 unspecified atom stereocenters. The molecule has 1 N–H and O–H groups in total. The Kier molecular flexibility index (Phi) is 5.43. The quantitative estimate of drug-likeness (QED) is 0.491. The number of morpholine rings is 1. The normalized spacial score (nSPS) is 17.6. The van der Waals surface area contributed by atoms with Gasteiger partial charge >= 0.3 is 0 Å². The molecule has 32 heavy (non-hydrogen) atoms. The van der Waals surface area contributed by atoms with E-state index in [4.69, 9.17) is 4.74 Å². The maximum Gasteiger partial charge on any atom is 0.256 e. The lowest BCUT2D eigenvalue weighted by Gasteiger charge is -2.30. The Balaban J connectivity index is 1.40. The molecule has 4 aromatic heterocycles. The van der Waals surface area contributed by atoms with Crippen molar-refractivity contribution in [1.29, 1.82) is 0 Å². The van der Waals surface area contributed by atoms with Crippen LogP contribution in [0.4, 0.5) is 14.7 Å². The average molecular weight is 442 g/mol. The van der Waals surface area contributed by atoms with Crippen molar-refractivity contribution in [1.82, 2.24) is 34.0 Å². The van der Waals surface area contributed by atoms with Gasteiger partial charge in [0.15, 0.2) is 5.65 Å². The first-order valence-corrected chi connectivity index (χ1v) is 10.5. The van der Waals surface area contributed by atoms with Crippen LogP contribution in [0.2, 0.25) is 0 Å². The Labute approximate surface area is 183 Å². The highest BCUT2D eigenvalue weighted by molar-refractivity contribution is 5.82. The summed E-state index contributed by atoms with van der Waals surface area (Å²) in [4.78, 5) is 15.6. The van der Waals surface area contributed by atoms with E-state index in [2.05, 4.69) is 37.3 Å². The summed E-state index contributed by atoms with van der Waals surface area (Å²) < 4.78 is 35.0. The molecule has 168 valence electrons. The molecule has 1 atom stereocenters. The molecule has 0 radical (unpaired) electrons. The van der Waals surface area contributed by atoms with Gasteiger partial charge < -0.3 is 19.5 Å². The molecule has 1 aliphatic heterocycles. The summed E-state index contributed by atoms with van der Waals surface area (Å²) >= 11 is 0. The van der Waals surface area contributed by atoms with E-state index in [1.54, 1.807) is 23.7 Å². The SMILES string of the molecule is Cc1nc2ccc(-c3ccn4nc(NCC5CN(C)CCO5)ncc34)nc2n1CC(F)F. The van der Waals surface area contributed by atoms with E-state index in [1.165, 1.54) is 4.57 Å². The van der Waals surface area contributed by atoms with E-state index < -0.39 is 13.0 Å². The van der Waals surface area contributed by atoms with Crippen LogP contribution in [-0.4, -0.2) is 79.9 Å². The maximum absolute atomic E-state index is 13.0. The number of rotatable bonds is 6. The van der Waals surface area contributed by atoms with Gasteiger partial charge in [0, 0.05) is 31.4 Å². The van der Waals surface area contributed by atoms with E-state index in [0.29, 0.717) is 35.2 Å². The standard InChI is InChI=1S/C21H24F2N8O/c1-13-26-17-4-3-16(27-20(17)30(13)12-19(22)23)15-5-6-31-18(15)10-25-21(28-31)24-9-14-11-29(2)7-8-32-14/h3-6,10,14,19H,7-9,11-12H2,1-2H3,(H,24,28). The van der Waals surface area contributed by atoms with Crippen LogP contribution in [0, 0.1) is 6.92 Å². The second-order valence-electron chi connectivity index (χ2n) is 7.98. The number of imidazole rings is 1. The van der Waals surface area contributed by atoms with Crippen LogP contribution < -0.4 is 5.32 Å². The third-order valence-corrected chi connectivity index (χ3v) is 5.63. The molecule has 0 saturated carbocycles. The second-order valence-corrected chi connectivity index (χ2v) is 7.98. The monoisotopic (exact) mass is 442 g/mol. The topological polar surface area (TPSA) is 85.4 Å². The molecule has 5 rings (SSSR count). The van der Waals surface area contributed by atoms with Gasteiger partial charge in [-0.15, -0.1) is 5.10 Å². The second kappa shape index (κ2) is 8.40. The molecule has 1 aliphatic rings. The lowest BCUT2D eigenvalue weighted by Crippen LogP contribution is -2.43. The van der Waals surface area contributed by atoms with Gasteiger partial charge in [0.1, 0.15) is 11.3 Å². The number of hydrogen-bond donors (Lipinski definition) is 1. The number of aromatic nitrogens is 6. The van der Waals surface area contributed by atoms with Crippen LogP contribution in [-0.2, 0) is 11.3 Å². The predicted molar refractivity (Wildman–Crippen MR) is 116 cm³/mol. The molecule has 5 heterocycles. The number of nitrogens with zero attached hydrogens (tertiary/aromatic N) is 7. The molecular weight excluding hydrogens is 418 g/mol. The Morgan fingerprint density at radius 3 is 2.94 bits per heavy atom. The fourth-order valence-corrected chi connectivity index (χ4v) is 4.01. The van der Waals surface area contributed by atoms with Crippen molar-refractivity contribution in [3.05, 3.63) is 36.4 Å². The molecule has 0 aromatic carbocycles. The minimum absolute atomic E-state index is 0.0887. The minimum atomic E-state index is -2.48. The number of pyridine rings is 1. The summed E-state index contributed by atoms with van der Waals surface area (Å²) in [5.41, 5.74) is 3.27. The smallest absolute Gasteiger partial charge is 0.256 e. The van der Waals surface area contributed by atoms with Crippen molar-refractivity contribution >= 4 is 22.6 Å². The van der Waals surface area contributed by atoms with Gasteiger partial charge in [-0.25, -0.2) is 28.2 Å². The Morgan fingerprint density at radius 1 is 1.25 bits per heavy atom. The molecule has 11 heteroatoms. The van der Waals surface area contributed by atoms with Gasteiger partial charge in [0.05, 0.1) is 36.7 Å². The lowest BCUT2D eigenvalue weighted by molar-refractivity contribution is -0.0118. The fourth-order valence-electron chi connectivity index (χ4n) is 4.01. The van der Waals surface area contributed by atoms with Crippen LogP contribution in [0.25, 0.3) is 27.9 Å². The molecule has 4 aromatic rings. The van der Waals surface area contributed by atoms with Gasteiger partial charge in [0.2, 0.25) is 5.95 Å². The molecule has 1 fully saturated rings. The number of hydrogen-bond acceptors (Lipinski definition) is 7. The molecule has 0 bridgehead atoms. The number of anilines is 1. The first kappa shape index (κ1) is 20.7. The highest BCUT2D eigenvalue weighted by atomic mass is 19.3. The zero-order valence-electron chi connectivity index (χ0n) is 17.9. The molecule has 0 amide bonds. The highest BCUT2D eigenvalue weighted by Crippen LogP contribution is 2.26. The summed E-state index contributed by atoms with van der Waals surface area (Å²) in [6.07, 6.45) is 1.17.